The van der Waals surface area contributed by atoms with E-state index >= 15 is 0 Å². The Hall–Kier alpha value is -0.0400. The van der Waals surface area contributed by atoms with Gasteiger partial charge in [-0.05, 0) is 44.9 Å². The van der Waals surface area contributed by atoms with Crippen molar-refractivity contribution >= 4 is 29.9 Å². The van der Waals surface area contributed by atoms with E-state index < -0.39 is 0 Å². The van der Waals surface area contributed by atoms with Crippen molar-refractivity contribution in [3.05, 3.63) is 0 Å². The van der Waals surface area contributed by atoms with Gasteiger partial charge in [-0.25, -0.2) is 0 Å². The Morgan fingerprint density at radius 3 is 2.50 bits per heavy atom. The van der Waals surface area contributed by atoms with Gasteiger partial charge in [0.25, 0.3) is 0 Å². The van der Waals surface area contributed by atoms with Crippen molar-refractivity contribution in [2.45, 2.75) is 63.9 Å². The Bertz CT molecular complexity index is 272. The van der Waals surface area contributed by atoms with Crippen LogP contribution in [-0.2, 0) is 4.74 Å². The highest BCUT2D eigenvalue weighted by atomic mass is 127. The molecule has 2 heterocycles. The summed E-state index contributed by atoms with van der Waals surface area (Å²) >= 11 is 0. The van der Waals surface area contributed by atoms with Crippen LogP contribution in [0.2, 0.25) is 0 Å². The Labute approximate surface area is 140 Å². The van der Waals surface area contributed by atoms with Crippen molar-refractivity contribution in [3.8, 4) is 0 Å². The zero-order valence-electron chi connectivity index (χ0n) is 12.6. The van der Waals surface area contributed by atoms with Crippen LogP contribution in [0.3, 0.4) is 0 Å². The van der Waals surface area contributed by atoms with Crippen molar-refractivity contribution in [1.29, 1.82) is 0 Å². The first kappa shape index (κ1) is 18.0. The standard InChI is InChI=1S/C15H29N3O.HI/c16-15(18-11-4-1-2-5-12-18)17-10-7-9-14-8-3-6-13-19-14;/h14H,1-13H2,(H2,16,17);1H. The van der Waals surface area contributed by atoms with E-state index in [2.05, 4.69) is 9.89 Å². The first-order valence-electron chi connectivity index (χ1n) is 8.03. The molecular formula is C15H30IN3O. The van der Waals surface area contributed by atoms with Gasteiger partial charge < -0.3 is 15.4 Å². The van der Waals surface area contributed by atoms with Crippen molar-refractivity contribution in [3.63, 3.8) is 0 Å². The Balaban J connectivity index is 0.00000200. The fourth-order valence-electron chi connectivity index (χ4n) is 2.95. The molecule has 2 aliphatic heterocycles. The molecule has 0 saturated carbocycles. The van der Waals surface area contributed by atoms with Crippen LogP contribution < -0.4 is 5.73 Å². The quantitative estimate of drug-likeness (QED) is 0.344. The highest BCUT2D eigenvalue weighted by Gasteiger charge is 2.13. The number of ether oxygens (including phenoxy) is 1. The summed E-state index contributed by atoms with van der Waals surface area (Å²) in [6.07, 6.45) is 11.7. The van der Waals surface area contributed by atoms with Gasteiger partial charge >= 0.3 is 0 Å². The molecule has 0 aromatic heterocycles. The van der Waals surface area contributed by atoms with Crippen molar-refractivity contribution in [2.75, 3.05) is 26.2 Å². The molecule has 0 spiro atoms. The second-order valence-corrected chi connectivity index (χ2v) is 5.77. The zero-order chi connectivity index (χ0) is 13.3. The molecule has 0 amide bonds. The average Bonchev–Trinajstić information content (AvgIpc) is 2.73. The summed E-state index contributed by atoms with van der Waals surface area (Å²) in [4.78, 5) is 6.79. The molecule has 118 valence electrons. The molecule has 1 unspecified atom stereocenters. The lowest BCUT2D eigenvalue weighted by molar-refractivity contribution is 0.0105. The van der Waals surface area contributed by atoms with Crippen LogP contribution >= 0.6 is 24.0 Å². The van der Waals surface area contributed by atoms with E-state index in [9.17, 15) is 0 Å². The van der Waals surface area contributed by atoms with Crippen LogP contribution in [0.1, 0.15) is 57.8 Å². The summed E-state index contributed by atoms with van der Waals surface area (Å²) in [7, 11) is 0. The van der Waals surface area contributed by atoms with Gasteiger partial charge in [0.15, 0.2) is 5.96 Å². The Kier molecular flexibility index (Phi) is 9.59. The van der Waals surface area contributed by atoms with Gasteiger partial charge in [0.1, 0.15) is 0 Å². The largest absolute Gasteiger partial charge is 0.378 e. The number of halogens is 1. The molecule has 20 heavy (non-hydrogen) atoms. The molecule has 0 aromatic rings. The average molecular weight is 395 g/mol. The highest BCUT2D eigenvalue weighted by molar-refractivity contribution is 14.0. The molecule has 4 nitrogen and oxygen atoms in total. The molecule has 2 aliphatic rings. The van der Waals surface area contributed by atoms with E-state index in [0.29, 0.717) is 6.10 Å². The lowest BCUT2D eigenvalue weighted by Crippen LogP contribution is -2.38. The van der Waals surface area contributed by atoms with E-state index in [1.165, 1.54) is 44.9 Å². The van der Waals surface area contributed by atoms with Crippen LogP contribution in [0, 0.1) is 0 Å². The minimum Gasteiger partial charge on any atom is -0.378 e. The highest BCUT2D eigenvalue weighted by Crippen LogP contribution is 2.16. The van der Waals surface area contributed by atoms with Crippen molar-refractivity contribution in [2.24, 2.45) is 10.7 Å². The number of nitrogens with zero attached hydrogens (tertiary/aromatic N) is 2. The minimum absolute atomic E-state index is 0. The van der Waals surface area contributed by atoms with Crippen LogP contribution in [-0.4, -0.2) is 43.2 Å². The molecule has 1 atom stereocenters. The van der Waals surface area contributed by atoms with E-state index in [0.717, 1.165) is 45.0 Å². The van der Waals surface area contributed by atoms with Gasteiger partial charge in [-0.15, -0.1) is 24.0 Å². The van der Waals surface area contributed by atoms with Crippen LogP contribution in [0.5, 0.6) is 0 Å². The van der Waals surface area contributed by atoms with Gasteiger partial charge in [0.2, 0.25) is 0 Å². The number of nitrogens with two attached hydrogens (primary N) is 1. The number of rotatable bonds is 4. The maximum absolute atomic E-state index is 6.08. The first-order chi connectivity index (χ1) is 9.36. The predicted octanol–water partition coefficient (Wildman–Crippen LogP) is 3.14. The third kappa shape index (κ3) is 6.61. The van der Waals surface area contributed by atoms with Gasteiger partial charge in [0, 0.05) is 26.2 Å². The van der Waals surface area contributed by atoms with Crippen molar-refractivity contribution in [1.82, 2.24) is 4.90 Å². The molecule has 0 radical (unpaired) electrons. The third-order valence-electron chi connectivity index (χ3n) is 4.16. The summed E-state index contributed by atoms with van der Waals surface area (Å²) < 4.78 is 5.73. The first-order valence-corrected chi connectivity index (χ1v) is 8.03. The van der Waals surface area contributed by atoms with Gasteiger partial charge in [-0.1, -0.05) is 12.8 Å². The Morgan fingerprint density at radius 1 is 1.10 bits per heavy atom. The van der Waals surface area contributed by atoms with Crippen LogP contribution in [0.4, 0.5) is 0 Å². The Morgan fingerprint density at radius 2 is 1.85 bits per heavy atom. The van der Waals surface area contributed by atoms with E-state index in [4.69, 9.17) is 10.5 Å². The molecule has 2 rings (SSSR count). The number of aliphatic imine (C=N–C) groups is 1. The third-order valence-corrected chi connectivity index (χ3v) is 4.16. The van der Waals surface area contributed by atoms with E-state index in [-0.39, 0.29) is 24.0 Å². The number of hydrogen-bond acceptors (Lipinski definition) is 2. The molecule has 0 aromatic carbocycles. The molecule has 2 saturated heterocycles. The summed E-state index contributed by atoms with van der Waals surface area (Å²) in [6.45, 7) is 3.97. The zero-order valence-corrected chi connectivity index (χ0v) is 14.9. The smallest absolute Gasteiger partial charge is 0.191 e. The molecule has 0 bridgehead atoms. The van der Waals surface area contributed by atoms with E-state index in [1.54, 1.807) is 0 Å². The predicted molar refractivity (Wildman–Crippen MR) is 94.8 cm³/mol. The lowest BCUT2D eigenvalue weighted by atomic mass is 10.1. The van der Waals surface area contributed by atoms with Crippen LogP contribution in [0.15, 0.2) is 4.99 Å². The fourth-order valence-corrected chi connectivity index (χ4v) is 2.95. The maximum atomic E-state index is 6.08. The number of likely N-dealkylation sites (tertiary alicyclic amines) is 1. The van der Waals surface area contributed by atoms with Gasteiger partial charge in [-0.2, -0.15) is 0 Å². The molecular weight excluding hydrogens is 365 g/mol. The summed E-state index contributed by atoms with van der Waals surface area (Å²) in [5, 5.41) is 0. The maximum Gasteiger partial charge on any atom is 0.191 e. The molecule has 0 aliphatic carbocycles. The summed E-state index contributed by atoms with van der Waals surface area (Å²) in [5.74, 6) is 0.756. The lowest BCUT2D eigenvalue weighted by Gasteiger charge is -2.23. The van der Waals surface area contributed by atoms with Crippen LogP contribution in [0.25, 0.3) is 0 Å². The fraction of sp³-hybridized carbons (Fsp3) is 0.933. The van der Waals surface area contributed by atoms with E-state index in [1.807, 2.05) is 0 Å². The normalized spacial score (nSPS) is 24.9. The molecule has 2 N–H and O–H groups in total. The van der Waals surface area contributed by atoms with Gasteiger partial charge in [-0.3, -0.25) is 4.99 Å². The number of guanidine groups is 1. The van der Waals surface area contributed by atoms with Crippen molar-refractivity contribution < 1.29 is 4.74 Å². The van der Waals surface area contributed by atoms with Gasteiger partial charge in [0.05, 0.1) is 6.10 Å². The monoisotopic (exact) mass is 395 g/mol. The topological polar surface area (TPSA) is 50.9 Å². The second-order valence-electron chi connectivity index (χ2n) is 5.77. The molecule has 2 fully saturated rings. The summed E-state index contributed by atoms with van der Waals surface area (Å²) in [5.41, 5.74) is 6.08. The summed E-state index contributed by atoms with van der Waals surface area (Å²) in [6, 6.07) is 0. The second kappa shape index (κ2) is 10.7. The number of hydrogen-bond donors (Lipinski definition) is 1. The molecule has 5 heteroatoms. The SMILES string of the molecule is I.NC(=NCCCC1CCCCO1)N1CCCCCC1. The minimum atomic E-state index is 0.